The van der Waals surface area contributed by atoms with Crippen LogP contribution in [0, 0.1) is 34.0 Å². The average molecular weight is 883 g/mol. The van der Waals surface area contributed by atoms with E-state index in [4.69, 9.17) is 29.9 Å². The molecule has 12 nitrogen and oxygen atoms in total. The fourth-order valence-corrected chi connectivity index (χ4v) is 10.1. The van der Waals surface area contributed by atoms with E-state index >= 15 is 0 Å². The summed E-state index contributed by atoms with van der Waals surface area (Å²) >= 11 is 0. The molecule has 6 heterocycles. The Balaban J connectivity index is 1.42. The van der Waals surface area contributed by atoms with Gasteiger partial charge in [0.05, 0.1) is 83.5 Å². The van der Waals surface area contributed by atoms with Crippen LogP contribution in [0.4, 0.5) is 0 Å². The van der Waals surface area contributed by atoms with Crippen molar-refractivity contribution in [2.75, 3.05) is 0 Å². The number of aromatic nitrogens is 9. The summed E-state index contributed by atoms with van der Waals surface area (Å²) in [5, 5.41) is 36.5. The van der Waals surface area contributed by atoms with E-state index in [9.17, 15) is 15.8 Å². The molecule has 0 aliphatic carbocycles. The fourth-order valence-electron chi connectivity index (χ4n) is 10.1. The lowest BCUT2D eigenvalue weighted by Gasteiger charge is -2.28. The molecule has 0 aliphatic rings. The van der Waals surface area contributed by atoms with E-state index in [-0.39, 0.29) is 16.7 Å². The number of hydrogen-bond donors (Lipinski definition) is 0. The Bertz CT molecular complexity index is 3760. The molecule has 0 bridgehead atoms. The van der Waals surface area contributed by atoms with Crippen molar-refractivity contribution in [1.29, 1.82) is 15.8 Å². The van der Waals surface area contributed by atoms with E-state index in [0.717, 1.165) is 65.4 Å². The Labute approximate surface area is 392 Å². The van der Waals surface area contributed by atoms with Crippen LogP contribution >= 0.6 is 0 Å². The highest BCUT2D eigenvalue weighted by molar-refractivity contribution is 6.17. The van der Waals surface area contributed by atoms with Crippen molar-refractivity contribution >= 4 is 65.4 Å². The molecule has 13 aromatic rings. The summed E-state index contributed by atoms with van der Waals surface area (Å²) in [4.78, 5) is 30.4. The number of nitrogens with zero attached hydrogens (tertiary/aromatic N) is 12. The van der Waals surface area contributed by atoms with Gasteiger partial charge >= 0.3 is 0 Å². The summed E-state index contributed by atoms with van der Waals surface area (Å²) in [5.41, 5.74) is 9.64. The lowest BCUT2D eigenvalue weighted by Crippen LogP contribution is -2.15. The minimum atomic E-state index is 0.281. The van der Waals surface area contributed by atoms with Gasteiger partial charge in [-0.05, 0) is 36.4 Å². The number of hydrogen-bond acceptors (Lipinski definition) is 9. The lowest BCUT2D eigenvalue weighted by molar-refractivity contribution is 1.05. The van der Waals surface area contributed by atoms with Gasteiger partial charge in [-0.25, -0.2) is 29.9 Å². The molecule has 0 saturated heterocycles. The van der Waals surface area contributed by atoms with Crippen LogP contribution < -0.4 is 0 Å². The van der Waals surface area contributed by atoms with Crippen molar-refractivity contribution in [3.63, 3.8) is 0 Å². The van der Waals surface area contributed by atoms with Gasteiger partial charge in [0, 0.05) is 69.5 Å². The summed E-state index contributed by atoms with van der Waals surface area (Å²) in [6.45, 7) is 0. The maximum atomic E-state index is 10.1. The molecule has 0 N–H and O–H groups in total. The van der Waals surface area contributed by atoms with Crippen molar-refractivity contribution < 1.29 is 0 Å². The second kappa shape index (κ2) is 15.4. The molecular weight excluding hydrogens is 853 g/mol. The Hall–Kier alpha value is -10.4. The van der Waals surface area contributed by atoms with Gasteiger partial charge in [0.25, 0.3) is 0 Å². The number of fused-ring (bicyclic) bond motifs is 9. The number of nitriles is 3. The highest BCUT2D eigenvalue weighted by atomic mass is 15.1. The first-order valence-electron chi connectivity index (χ1n) is 22.0. The fraction of sp³-hybridized carbons (Fsp3) is 0. The monoisotopic (exact) mass is 882 g/mol. The van der Waals surface area contributed by atoms with Gasteiger partial charge < -0.3 is 13.7 Å². The van der Waals surface area contributed by atoms with Gasteiger partial charge in [0.1, 0.15) is 18.2 Å². The quantitative estimate of drug-likeness (QED) is 0.158. The summed E-state index contributed by atoms with van der Waals surface area (Å²) < 4.78 is 6.70. The SMILES string of the molecule is N#Cc1cnc(-c2c(-n3c4ccccc4c4ccccc43)c(-c3ncc(C#N)cn3)c(-n3c4ccccc4c4ccccc43)c(-c3ncc(C#N)cn3)c2-n2c3ccccc3c3ccccc32)nc1. The minimum Gasteiger partial charge on any atom is -0.308 e. The smallest absolute Gasteiger partial charge is 0.163 e. The van der Waals surface area contributed by atoms with Crippen molar-refractivity contribution in [3.8, 4) is 69.4 Å². The summed E-state index contributed by atoms with van der Waals surface area (Å²) in [7, 11) is 0. The number of para-hydroxylation sites is 6. The van der Waals surface area contributed by atoms with Gasteiger partial charge in [-0.15, -0.1) is 0 Å². The van der Waals surface area contributed by atoms with Gasteiger partial charge in [-0.1, -0.05) is 109 Å². The predicted octanol–water partition coefficient (Wildman–Crippen LogP) is 12.0. The average Bonchev–Trinajstić information content (AvgIpc) is 4.06. The van der Waals surface area contributed by atoms with Crippen LogP contribution in [0.3, 0.4) is 0 Å². The van der Waals surface area contributed by atoms with Gasteiger partial charge in [0.2, 0.25) is 0 Å². The number of benzene rings is 7. The minimum absolute atomic E-state index is 0.281. The van der Waals surface area contributed by atoms with E-state index in [1.807, 2.05) is 72.8 Å². The van der Waals surface area contributed by atoms with Crippen LogP contribution in [0.2, 0.25) is 0 Å². The molecule has 0 fully saturated rings. The van der Waals surface area contributed by atoms with E-state index in [1.165, 1.54) is 37.2 Å². The molecule has 0 saturated carbocycles. The second-order valence-corrected chi connectivity index (χ2v) is 16.5. The zero-order chi connectivity index (χ0) is 46.2. The summed E-state index contributed by atoms with van der Waals surface area (Å²) in [5.74, 6) is 0.879. The van der Waals surface area contributed by atoms with Gasteiger partial charge in [-0.2, -0.15) is 15.8 Å². The largest absolute Gasteiger partial charge is 0.308 e. The van der Waals surface area contributed by atoms with E-state index in [0.29, 0.717) is 51.2 Å². The third kappa shape index (κ3) is 5.79. The summed E-state index contributed by atoms with van der Waals surface area (Å²) in [6, 6.07) is 56.3. The molecule has 0 atom stereocenters. The first kappa shape index (κ1) is 39.1. The Kier molecular flexibility index (Phi) is 8.71. The molecule has 0 unspecified atom stereocenters. The van der Waals surface area contributed by atoms with E-state index in [1.54, 1.807) is 0 Å². The molecule has 0 amide bonds. The van der Waals surface area contributed by atoms with Crippen LogP contribution in [0.25, 0.3) is 117 Å². The normalized spacial score (nSPS) is 11.4. The van der Waals surface area contributed by atoms with Crippen LogP contribution in [0.15, 0.2) is 183 Å². The maximum Gasteiger partial charge on any atom is 0.163 e. The molecule has 12 heteroatoms. The van der Waals surface area contributed by atoms with Crippen molar-refractivity contribution in [2.24, 2.45) is 0 Å². The van der Waals surface area contributed by atoms with Crippen molar-refractivity contribution in [3.05, 3.63) is 199 Å². The molecule has 0 spiro atoms. The second-order valence-electron chi connectivity index (χ2n) is 16.5. The Morgan fingerprint density at radius 2 is 0.464 bits per heavy atom. The molecule has 0 aliphatic heterocycles. The van der Waals surface area contributed by atoms with Crippen LogP contribution in [-0.2, 0) is 0 Å². The molecular formula is C57H30N12. The molecule has 6 aromatic heterocycles. The summed E-state index contributed by atoms with van der Waals surface area (Å²) in [6.07, 6.45) is 9.19. The molecule has 69 heavy (non-hydrogen) atoms. The highest BCUT2D eigenvalue weighted by Gasteiger charge is 2.36. The van der Waals surface area contributed by atoms with Gasteiger partial charge in [-0.3, -0.25) is 0 Å². The van der Waals surface area contributed by atoms with Crippen LogP contribution in [0.5, 0.6) is 0 Å². The Morgan fingerprint density at radius 1 is 0.275 bits per heavy atom. The van der Waals surface area contributed by atoms with Gasteiger partial charge in [0.15, 0.2) is 17.5 Å². The maximum absolute atomic E-state index is 10.1. The number of rotatable bonds is 6. The first-order valence-corrected chi connectivity index (χ1v) is 22.0. The lowest BCUT2D eigenvalue weighted by atomic mass is 9.92. The Morgan fingerprint density at radius 3 is 0.652 bits per heavy atom. The molecule has 13 rings (SSSR count). The molecule has 7 aromatic carbocycles. The van der Waals surface area contributed by atoms with Crippen molar-refractivity contribution in [2.45, 2.75) is 0 Å². The topological polar surface area (TPSA) is 164 Å². The third-order valence-corrected chi connectivity index (χ3v) is 12.8. The van der Waals surface area contributed by atoms with Crippen molar-refractivity contribution in [1.82, 2.24) is 43.6 Å². The first-order chi connectivity index (χ1) is 34.1. The van der Waals surface area contributed by atoms with Crippen LogP contribution in [-0.4, -0.2) is 43.6 Å². The highest BCUT2D eigenvalue weighted by Crippen LogP contribution is 2.53. The zero-order valence-corrected chi connectivity index (χ0v) is 36.2. The van der Waals surface area contributed by atoms with Crippen LogP contribution in [0.1, 0.15) is 16.7 Å². The standard InChI is InChI=1S/C57H30N12/c58-25-34-28-61-55(62-29-34)49-52(67-43-19-7-1-13-37(43)38-14-2-8-20-44(38)67)50(56-63-30-35(26-59)31-64-56)54(69-47-23-11-5-17-41(47)42-18-6-12-24-48(42)69)51(57-65-32-36(27-60)33-66-57)53(49)68-45-21-9-3-15-39(45)40-16-4-10-22-46(40)68/h1-24,28-33H. The zero-order valence-electron chi connectivity index (χ0n) is 36.2. The third-order valence-electron chi connectivity index (χ3n) is 12.8. The molecule has 0 radical (unpaired) electrons. The van der Waals surface area contributed by atoms with E-state index in [2.05, 4.69) is 105 Å². The predicted molar refractivity (Wildman–Crippen MR) is 267 cm³/mol. The van der Waals surface area contributed by atoms with E-state index < -0.39 is 0 Å². The molecule has 318 valence electrons.